The number of nitrogens with one attached hydrogen (secondary N) is 1. The molecule has 2 aromatic rings. The fourth-order valence-corrected chi connectivity index (χ4v) is 4.08. The fraction of sp³-hybridized carbons (Fsp3) is 0.286. The first-order valence-corrected chi connectivity index (χ1v) is 10.8. The van der Waals surface area contributed by atoms with Crippen LogP contribution in [0.15, 0.2) is 71.6 Å². The Labute approximate surface area is 175 Å². The van der Waals surface area contributed by atoms with Crippen LogP contribution in [0.1, 0.15) is 30.5 Å². The Hall–Kier alpha value is -3.04. The van der Waals surface area contributed by atoms with E-state index in [0.29, 0.717) is 5.56 Å². The molecule has 2 unspecified atom stereocenters. The van der Waals surface area contributed by atoms with Gasteiger partial charge in [0.05, 0.1) is 11.5 Å². The van der Waals surface area contributed by atoms with Gasteiger partial charge in [-0.2, -0.15) is 4.72 Å². The lowest BCUT2D eigenvalue weighted by Crippen LogP contribution is -2.40. The monoisotopic (exact) mass is 432 g/mol. The van der Waals surface area contributed by atoms with E-state index >= 15 is 0 Å². The molecule has 0 amide bonds. The number of carbonyl (C=O) groups is 1. The normalized spacial score (nSPS) is 13.7. The number of nitro groups is 1. The van der Waals surface area contributed by atoms with Gasteiger partial charge < -0.3 is 4.74 Å². The summed E-state index contributed by atoms with van der Waals surface area (Å²) in [6.45, 7) is 3.66. The standard InChI is InChI=1S/C21H24N2O6S/c1-3-29-20(24)11-7-10-19(23(25)26)21(17-8-5-4-6-9-17)22-30(27,28)18-14-12-16(2)13-15-18/h4-9,11-15,19,21-22H,3,10H2,1-2H3/b11-7+. The van der Waals surface area contributed by atoms with Crippen molar-refractivity contribution in [2.24, 2.45) is 0 Å². The Morgan fingerprint density at radius 2 is 1.80 bits per heavy atom. The van der Waals surface area contributed by atoms with E-state index in [2.05, 4.69) is 4.72 Å². The zero-order valence-electron chi connectivity index (χ0n) is 16.7. The van der Waals surface area contributed by atoms with Crippen LogP contribution >= 0.6 is 0 Å². The van der Waals surface area contributed by atoms with E-state index in [1.165, 1.54) is 18.2 Å². The average molecular weight is 432 g/mol. The molecule has 0 bridgehead atoms. The van der Waals surface area contributed by atoms with E-state index in [1.54, 1.807) is 49.4 Å². The van der Waals surface area contributed by atoms with E-state index < -0.39 is 33.0 Å². The predicted octanol–water partition coefficient (Wildman–Crippen LogP) is 3.17. The van der Waals surface area contributed by atoms with Crippen molar-refractivity contribution in [2.75, 3.05) is 6.61 Å². The largest absolute Gasteiger partial charge is 0.463 e. The molecular weight excluding hydrogens is 408 g/mol. The van der Waals surface area contributed by atoms with Crippen LogP contribution in [0.25, 0.3) is 0 Å². The molecule has 0 aliphatic carbocycles. The lowest BCUT2D eigenvalue weighted by atomic mass is 9.98. The predicted molar refractivity (Wildman–Crippen MR) is 112 cm³/mol. The lowest BCUT2D eigenvalue weighted by molar-refractivity contribution is -0.526. The van der Waals surface area contributed by atoms with E-state index in [1.807, 2.05) is 6.92 Å². The molecule has 160 valence electrons. The van der Waals surface area contributed by atoms with Crippen LogP contribution < -0.4 is 4.72 Å². The maximum absolute atomic E-state index is 12.9. The summed E-state index contributed by atoms with van der Waals surface area (Å²) in [7, 11) is -4.02. The smallest absolute Gasteiger partial charge is 0.330 e. The van der Waals surface area contributed by atoms with Crippen LogP contribution in [-0.2, 0) is 19.6 Å². The van der Waals surface area contributed by atoms with E-state index in [0.717, 1.165) is 11.6 Å². The maximum atomic E-state index is 12.9. The molecule has 1 N–H and O–H groups in total. The Balaban J connectivity index is 2.36. The third-order valence-electron chi connectivity index (χ3n) is 4.35. The number of rotatable bonds is 10. The maximum Gasteiger partial charge on any atom is 0.330 e. The SMILES string of the molecule is CCOC(=O)/C=C/CC(C(NS(=O)(=O)c1ccc(C)cc1)c1ccccc1)[N+](=O)[O-]. The van der Waals surface area contributed by atoms with Gasteiger partial charge >= 0.3 is 5.97 Å². The van der Waals surface area contributed by atoms with Gasteiger partial charge in [-0.05, 0) is 31.5 Å². The lowest BCUT2D eigenvalue weighted by Gasteiger charge is -2.22. The van der Waals surface area contributed by atoms with Crippen LogP contribution in [0.4, 0.5) is 0 Å². The quantitative estimate of drug-likeness (QED) is 0.267. The molecule has 0 radical (unpaired) electrons. The summed E-state index contributed by atoms with van der Waals surface area (Å²) >= 11 is 0. The first-order chi connectivity index (χ1) is 14.2. The van der Waals surface area contributed by atoms with Gasteiger partial charge in [0.1, 0.15) is 6.04 Å². The second-order valence-electron chi connectivity index (χ2n) is 6.57. The number of esters is 1. The number of hydrogen-bond donors (Lipinski definition) is 1. The molecule has 0 aromatic heterocycles. The molecule has 2 aromatic carbocycles. The average Bonchev–Trinajstić information content (AvgIpc) is 2.71. The number of sulfonamides is 1. The first-order valence-electron chi connectivity index (χ1n) is 9.35. The minimum atomic E-state index is -4.02. The zero-order valence-corrected chi connectivity index (χ0v) is 17.5. The number of nitrogens with zero attached hydrogens (tertiary/aromatic N) is 1. The van der Waals surface area contributed by atoms with Gasteiger partial charge in [0.2, 0.25) is 16.1 Å². The van der Waals surface area contributed by atoms with Gasteiger partial charge in [0, 0.05) is 17.4 Å². The third kappa shape index (κ3) is 6.50. The highest BCUT2D eigenvalue weighted by atomic mass is 32.2. The summed E-state index contributed by atoms with van der Waals surface area (Å²) in [5.41, 5.74) is 1.33. The van der Waals surface area contributed by atoms with Crippen LogP contribution in [0.2, 0.25) is 0 Å². The molecule has 0 fully saturated rings. The molecule has 2 rings (SSSR count). The number of ether oxygens (including phenoxy) is 1. The summed E-state index contributed by atoms with van der Waals surface area (Å²) in [6.07, 6.45) is 2.26. The summed E-state index contributed by atoms with van der Waals surface area (Å²) in [5.74, 6) is -0.615. The second kappa shape index (κ2) is 10.7. The van der Waals surface area contributed by atoms with Crippen LogP contribution in [-0.4, -0.2) is 32.0 Å². The molecule has 30 heavy (non-hydrogen) atoms. The first kappa shape index (κ1) is 23.2. The minimum Gasteiger partial charge on any atom is -0.463 e. The van der Waals surface area contributed by atoms with Crippen LogP contribution in [0.3, 0.4) is 0 Å². The van der Waals surface area contributed by atoms with Gasteiger partial charge in [-0.1, -0.05) is 54.1 Å². The van der Waals surface area contributed by atoms with Crippen molar-refractivity contribution in [3.63, 3.8) is 0 Å². The highest BCUT2D eigenvalue weighted by Gasteiger charge is 2.35. The molecule has 0 aliphatic heterocycles. The van der Waals surface area contributed by atoms with Crippen molar-refractivity contribution in [1.82, 2.24) is 4.72 Å². The molecule has 0 aliphatic rings. The minimum absolute atomic E-state index is 0.0122. The molecule has 8 nitrogen and oxygen atoms in total. The highest BCUT2D eigenvalue weighted by molar-refractivity contribution is 7.89. The Morgan fingerprint density at radius 1 is 1.17 bits per heavy atom. The summed E-state index contributed by atoms with van der Waals surface area (Å²) in [4.78, 5) is 22.7. The van der Waals surface area contributed by atoms with E-state index in [-0.39, 0.29) is 17.9 Å². The fourth-order valence-electron chi connectivity index (χ4n) is 2.82. The van der Waals surface area contributed by atoms with Crippen molar-refractivity contribution in [3.05, 3.63) is 88.0 Å². The van der Waals surface area contributed by atoms with Gasteiger partial charge in [0.25, 0.3) is 0 Å². The van der Waals surface area contributed by atoms with Gasteiger partial charge in [-0.3, -0.25) is 10.1 Å². The highest BCUT2D eigenvalue weighted by Crippen LogP contribution is 2.25. The molecule has 2 atom stereocenters. The summed E-state index contributed by atoms with van der Waals surface area (Å²) in [6, 6.07) is 12.0. The Bertz CT molecular complexity index is 988. The molecule has 9 heteroatoms. The van der Waals surface area contributed by atoms with Crippen molar-refractivity contribution < 1.29 is 22.9 Å². The van der Waals surface area contributed by atoms with Crippen molar-refractivity contribution in [3.8, 4) is 0 Å². The van der Waals surface area contributed by atoms with Crippen molar-refractivity contribution >= 4 is 16.0 Å². The molecule has 0 heterocycles. The number of hydrogen-bond acceptors (Lipinski definition) is 6. The topological polar surface area (TPSA) is 116 Å². The molecule has 0 spiro atoms. The summed E-state index contributed by atoms with van der Waals surface area (Å²) < 4.78 is 33.0. The number of benzene rings is 2. The molecule has 0 saturated heterocycles. The van der Waals surface area contributed by atoms with Gasteiger partial charge in [-0.25, -0.2) is 13.2 Å². The number of aryl methyl sites for hydroxylation is 1. The number of carbonyl (C=O) groups excluding carboxylic acids is 1. The zero-order chi connectivity index (χ0) is 22.1. The van der Waals surface area contributed by atoms with Crippen molar-refractivity contribution in [2.45, 2.75) is 37.2 Å². The van der Waals surface area contributed by atoms with E-state index in [4.69, 9.17) is 4.74 Å². The van der Waals surface area contributed by atoms with Crippen molar-refractivity contribution in [1.29, 1.82) is 0 Å². The Morgan fingerprint density at radius 3 is 2.37 bits per heavy atom. The summed E-state index contributed by atoms with van der Waals surface area (Å²) in [5, 5.41) is 11.8. The van der Waals surface area contributed by atoms with Gasteiger partial charge in [0.15, 0.2) is 0 Å². The Kier molecular flexibility index (Phi) is 8.25. The molecular formula is C21H24N2O6S. The van der Waals surface area contributed by atoms with E-state index in [9.17, 15) is 23.3 Å². The van der Waals surface area contributed by atoms with Crippen LogP contribution in [0, 0.1) is 17.0 Å². The second-order valence-corrected chi connectivity index (χ2v) is 8.28. The van der Waals surface area contributed by atoms with Crippen LogP contribution in [0.5, 0.6) is 0 Å². The molecule has 0 saturated carbocycles. The van der Waals surface area contributed by atoms with Gasteiger partial charge in [-0.15, -0.1) is 0 Å². The third-order valence-corrected chi connectivity index (χ3v) is 5.80.